The summed E-state index contributed by atoms with van der Waals surface area (Å²) in [5.41, 5.74) is 1.58. The fourth-order valence-corrected chi connectivity index (χ4v) is 3.66. The van der Waals surface area contributed by atoms with E-state index in [0.717, 1.165) is 31.2 Å². The molecule has 1 aliphatic rings. The summed E-state index contributed by atoms with van der Waals surface area (Å²) in [6, 6.07) is 3.78. The fraction of sp³-hybridized carbons (Fsp3) is 0.682. The number of aromatic nitrogens is 1. The molecule has 0 radical (unpaired) electrons. The highest BCUT2D eigenvalue weighted by Crippen LogP contribution is 2.36. The number of nitrogens with zero attached hydrogens (tertiary/aromatic N) is 1. The summed E-state index contributed by atoms with van der Waals surface area (Å²) in [4.78, 5) is 28.7. The number of pyridine rings is 1. The van der Waals surface area contributed by atoms with Gasteiger partial charge in [0.05, 0.1) is 19.8 Å². The Kier molecular flexibility index (Phi) is 9.58. The molecule has 0 aromatic carbocycles. The first kappa shape index (κ1) is 22.5. The molecule has 28 heavy (non-hydrogen) atoms. The molecule has 2 rings (SSSR count). The maximum absolute atomic E-state index is 12.2. The average Bonchev–Trinajstić information content (AvgIpc) is 2.72. The van der Waals surface area contributed by atoms with Gasteiger partial charge in [0, 0.05) is 32.6 Å². The molecule has 0 unspecified atom stereocenters. The number of carbonyl (C=O) groups is 2. The molecule has 1 heterocycles. The Bertz CT molecular complexity index is 614. The maximum Gasteiger partial charge on any atom is 0.269 e. The zero-order valence-electron chi connectivity index (χ0n) is 17.4. The van der Waals surface area contributed by atoms with Crippen molar-refractivity contribution in [3.63, 3.8) is 0 Å². The fourth-order valence-electron chi connectivity index (χ4n) is 3.66. The smallest absolute Gasteiger partial charge is 0.269 e. The van der Waals surface area contributed by atoms with E-state index in [0.29, 0.717) is 50.4 Å². The lowest BCUT2D eigenvalue weighted by molar-refractivity contribution is -0.126. The number of hydrogen-bond donors (Lipinski definition) is 1. The van der Waals surface area contributed by atoms with Crippen LogP contribution in [-0.4, -0.2) is 49.6 Å². The monoisotopic (exact) mass is 392 g/mol. The number of ketones is 1. The van der Waals surface area contributed by atoms with E-state index < -0.39 is 0 Å². The van der Waals surface area contributed by atoms with Crippen molar-refractivity contribution in [3.05, 3.63) is 29.6 Å². The molecule has 158 valence electrons. The third kappa shape index (κ3) is 6.99. The van der Waals surface area contributed by atoms with Gasteiger partial charge in [-0.05, 0) is 50.2 Å². The minimum absolute atomic E-state index is 0. The summed E-state index contributed by atoms with van der Waals surface area (Å²) in [6.07, 6.45) is 5.73. The van der Waals surface area contributed by atoms with Gasteiger partial charge in [0.15, 0.2) is 0 Å². The molecule has 1 saturated carbocycles. The Morgan fingerprint density at radius 2 is 1.86 bits per heavy atom. The summed E-state index contributed by atoms with van der Waals surface area (Å²) >= 11 is 0. The molecule has 0 bridgehead atoms. The lowest BCUT2D eigenvalue weighted by Gasteiger charge is -2.28. The summed E-state index contributed by atoms with van der Waals surface area (Å²) in [5, 5.41) is 2.81. The second-order valence-electron chi connectivity index (χ2n) is 7.65. The van der Waals surface area contributed by atoms with E-state index in [1.165, 1.54) is 0 Å². The number of rotatable bonds is 11. The molecule has 1 amide bonds. The molecule has 1 fully saturated rings. The Morgan fingerprint density at radius 3 is 2.46 bits per heavy atom. The van der Waals surface area contributed by atoms with Gasteiger partial charge in [-0.3, -0.25) is 14.6 Å². The average molecular weight is 393 g/mol. The van der Waals surface area contributed by atoms with Gasteiger partial charge in [0.1, 0.15) is 11.5 Å². The van der Waals surface area contributed by atoms with Crippen molar-refractivity contribution in [2.75, 3.05) is 33.0 Å². The minimum Gasteiger partial charge on any atom is -0.379 e. The lowest BCUT2D eigenvalue weighted by Crippen LogP contribution is -2.28. The minimum atomic E-state index is -0.189. The van der Waals surface area contributed by atoms with Gasteiger partial charge in [0.25, 0.3) is 5.91 Å². The van der Waals surface area contributed by atoms with Gasteiger partial charge >= 0.3 is 0 Å². The Labute approximate surface area is 169 Å². The molecule has 0 spiro atoms. The normalized spacial score (nSPS) is 19.6. The highest BCUT2D eigenvalue weighted by Gasteiger charge is 2.28. The van der Waals surface area contributed by atoms with E-state index in [4.69, 9.17) is 9.47 Å². The van der Waals surface area contributed by atoms with Gasteiger partial charge in [0.2, 0.25) is 0 Å². The summed E-state index contributed by atoms with van der Waals surface area (Å²) in [5.74, 6) is 0.970. The largest absolute Gasteiger partial charge is 0.379 e. The van der Waals surface area contributed by atoms with Crippen molar-refractivity contribution >= 4 is 11.7 Å². The van der Waals surface area contributed by atoms with Crippen molar-refractivity contribution in [1.29, 1.82) is 0 Å². The van der Waals surface area contributed by atoms with Crippen molar-refractivity contribution in [3.8, 4) is 0 Å². The van der Waals surface area contributed by atoms with E-state index >= 15 is 0 Å². The quantitative estimate of drug-likeness (QED) is 0.582. The van der Waals surface area contributed by atoms with Crippen LogP contribution in [0.2, 0.25) is 0 Å². The van der Waals surface area contributed by atoms with Crippen molar-refractivity contribution in [2.24, 2.45) is 11.8 Å². The zero-order valence-corrected chi connectivity index (χ0v) is 17.4. The van der Waals surface area contributed by atoms with E-state index in [1.54, 1.807) is 6.07 Å². The Balaban J connectivity index is 0.00000420. The lowest BCUT2D eigenvalue weighted by atomic mass is 9.76. The SMILES string of the molecule is CCOCCOCCNC(=O)c1ccc(C2CCC(C(=O)C(C)C)CC2)cn1.[HH]. The molecule has 1 aromatic heterocycles. The molecule has 6 nitrogen and oxygen atoms in total. The highest BCUT2D eigenvalue weighted by molar-refractivity contribution is 5.92. The number of nitrogens with one attached hydrogen (secondary N) is 1. The van der Waals surface area contributed by atoms with Crippen LogP contribution >= 0.6 is 0 Å². The van der Waals surface area contributed by atoms with Crippen LogP contribution < -0.4 is 5.32 Å². The van der Waals surface area contributed by atoms with Gasteiger partial charge < -0.3 is 14.8 Å². The van der Waals surface area contributed by atoms with Gasteiger partial charge in [-0.1, -0.05) is 19.9 Å². The molecular formula is C22H36N2O4. The van der Waals surface area contributed by atoms with Gasteiger partial charge in [-0.15, -0.1) is 0 Å². The predicted molar refractivity (Wildman–Crippen MR) is 111 cm³/mol. The van der Waals surface area contributed by atoms with Crippen LogP contribution in [0.25, 0.3) is 0 Å². The number of hydrogen-bond acceptors (Lipinski definition) is 5. The number of Topliss-reactive ketones (excluding diaryl/α,β-unsaturated/α-hetero) is 1. The summed E-state index contributed by atoms with van der Waals surface area (Å²) in [6.45, 7) is 8.58. The third-order valence-corrected chi connectivity index (χ3v) is 5.30. The summed E-state index contributed by atoms with van der Waals surface area (Å²) in [7, 11) is 0. The molecular weight excluding hydrogens is 356 g/mol. The topological polar surface area (TPSA) is 77.5 Å². The van der Waals surface area contributed by atoms with Crippen molar-refractivity contribution in [1.82, 2.24) is 10.3 Å². The second-order valence-corrected chi connectivity index (χ2v) is 7.65. The van der Waals surface area contributed by atoms with E-state index in [-0.39, 0.29) is 19.2 Å². The predicted octanol–water partition coefficient (Wildman–Crippen LogP) is 3.61. The number of carbonyl (C=O) groups excluding carboxylic acids is 2. The first-order chi connectivity index (χ1) is 13.5. The third-order valence-electron chi connectivity index (χ3n) is 5.30. The Hall–Kier alpha value is -1.79. The van der Waals surface area contributed by atoms with Crippen molar-refractivity contribution in [2.45, 2.75) is 52.4 Å². The standard InChI is InChI=1S/C22H34N2O4.H2/c1-4-27-13-14-28-12-11-23-22(26)20-10-9-19(15-24-20)17-5-7-18(8-6-17)21(25)16(2)3;/h9-10,15-18H,4-8,11-14H2,1-3H3,(H,23,26);1H. The van der Waals surface area contributed by atoms with Crippen LogP contribution in [0.15, 0.2) is 18.3 Å². The molecule has 0 aliphatic heterocycles. The summed E-state index contributed by atoms with van der Waals surface area (Å²) < 4.78 is 10.6. The van der Waals surface area contributed by atoms with Crippen LogP contribution in [0.4, 0.5) is 0 Å². The van der Waals surface area contributed by atoms with E-state index in [1.807, 2.05) is 33.0 Å². The van der Waals surface area contributed by atoms with E-state index in [2.05, 4.69) is 10.3 Å². The molecule has 1 N–H and O–H groups in total. The van der Waals surface area contributed by atoms with Gasteiger partial charge in [-0.25, -0.2) is 0 Å². The molecule has 0 saturated heterocycles. The molecule has 1 aromatic rings. The first-order valence-electron chi connectivity index (χ1n) is 10.5. The number of amides is 1. The van der Waals surface area contributed by atoms with Crippen LogP contribution in [0, 0.1) is 11.8 Å². The zero-order chi connectivity index (χ0) is 20.4. The maximum atomic E-state index is 12.2. The van der Waals surface area contributed by atoms with Crippen LogP contribution in [-0.2, 0) is 14.3 Å². The van der Waals surface area contributed by atoms with Gasteiger partial charge in [-0.2, -0.15) is 0 Å². The highest BCUT2D eigenvalue weighted by atomic mass is 16.5. The Morgan fingerprint density at radius 1 is 1.14 bits per heavy atom. The molecule has 1 aliphatic carbocycles. The number of ether oxygens (including phenoxy) is 2. The molecule has 0 atom stereocenters. The first-order valence-corrected chi connectivity index (χ1v) is 10.5. The van der Waals surface area contributed by atoms with E-state index in [9.17, 15) is 9.59 Å². The second kappa shape index (κ2) is 11.9. The molecule has 6 heteroatoms. The van der Waals surface area contributed by atoms with Crippen LogP contribution in [0.3, 0.4) is 0 Å². The van der Waals surface area contributed by atoms with Crippen LogP contribution in [0.1, 0.15) is 69.9 Å². The van der Waals surface area contributed by atoms with Crippen molar-refractivity contribution < 1.29 is 20.5 Å². The van der Waals surface area contributed by atoms with Crippen LogP contribution in [0.5, 0.6) is 0 Å².